The number of nitrogens with zero attached hydrogens (tertiary/aromatic N) is 2. The summed E-state index contributed by atoms with van der Waals surface area (Å²) in [4.78, 5) is 4.12. The number of aromatic nitrogens is 3. The Balaban J connectivity index is 2.29. The lowest BCUT2D eigenvalue weighted by atomic mass is 10.1. The monoisotopic (exact) mass is 264 g/mol. The van der Waals surface area contributed by atoms with E-state index >= 15 is 0 Å². The first kappa shape index (κ1) is 12.9. The van der Waals surface area contributed by atoms with Gasteiger partial charge in [-0.05, 0) is 13.0 Å². The van der Waals surface area contributed by atoms with Crippen LogP contribution in [0.5, 0.6) is 5.75 Å². The molecule has 0 bridgehead atoms. The molecule has 1 heterocycles. The van der Waals surface area contributed by atoms with Crippen LogP contribution in [0.1, 0.15) is 17.7 Å². The summed E-state index contributed by atoms with van der Waals surface area (Å²) < 4.78 is 5.38. The van der Waals surface area contributed by atoms with Gasteiger partial charge in [-0.3, -0.25) is 5.10 Å². The SMILES string of the molecule is COc1ccccc1C(Sc1ncn[nH]1)C(C)N. The predicted octanol–water partition coefficient (Wildman–Crippen LogP) is 1.99. The molecule has 6 heteroatoms. The Hall–Kier alpha value is -1.53. The minimum absolute atomic E-state index is 0.0311. The molecule has 2 unspecified atom stereocenters. The number of aromatic amines is 1. The van der Waals surface area contributed by atoms with Gasteiger partial charge in [-0.15, -0.1) is 0 Å². The first-order valence-electron chi connectivity index (χ1n) is 5.63. The maximum Gasteiger partial charge on any atom is 0.184 e. The molecule has 0 amide bonds. The van der Waals surface area contributed by atoms with E-state index in [0.29, 0.717) is 0 Å². The third kappa shape index (κ3) is 2.83. The summed E-state index contributed by atoms with van der Waals surface area (Å²) in [6.45, 7) is 1.97. The highest BCUT2D eigenvalue weighted by atomic mass is 32.2. The smallest absolute Gasteiger partial charge is 0.184 e. The molecule has 0 radical (unpaired) electrons. The standard InChI is InChI=1S/C12H16N4OS/c1-8(13)11(18-12-14-7-15-16-12)9-5-3-4-6-10(9)17-2/h3-8,11H,13H2,1-2H3,(H,14,15,16). The minimum atomic E-state index is -0.0311. The van der Waals surface area contributed by atoms with Crippen molar-refractivity contribution in [3.63, 3.8) is 0 Å². The predicted molar refractivity (Wildman–Crippen MR) is 71.6 cm³/mol. The Bertz CT molecular complexity index is 487. The number of ether oxygens (including phenoxy) is 1. The number of H-pyrrole nitrogens is 1. The molecule has 1 aromatic heterocycles. The van der Waals surface area contributed by atoms with E-state index in [1.54, 1.807) is 18.9 Å². The van der Waals surface area contributed by atoms with Crippen LogP contribution in [0.2, 0.25) is 0 Å². The molecule has 3 N–H and O–H groups in total. The van der Waals surface area contributed by atoms with E-state index in [4.69, 9.17) is 10.5 Å². The van der Waals surface area contributed by atoms with Crippen LogP contribution < -0.4 is 10.5 Å². The average molecular weight is 264 g/mol. The summed E-state index contributed by atoms with van der Waals surface area (Å²) in [6, 6.07) is 7.85. The number of hydrogen-bond acceptors (Lipinski definition) is 5. The van der Waals surface area contributed by atoms with Crippen molar-refractivity contribution < 1.29 is 4.74 Å². The number of para-hydroxylation sites is 1. The number of rotatable bonds is 5. The van der Waals surface area contributed by atoms with Crippen LogP contribution >= 0.6 is 11.8 Å². The highest BCUT2D eigenvalue weighted by Crippen LogP contribution is 2.39. The molecule has 0 fully saturated rings. The number of nitrogens with one attached hydrogen (secondary N) is 1. The van der Waals surface area contributed by atoms with E-state index in [1.165, 1.54) is 6.33 Å². The Morgan fingerprint density at radius 3 is 2.78 bits per heavy atom. The lowest BCUT2D eigenvalue weighted by Crippen LogP contribution is -2.23. The van der Waals surface area contributed by atoms with Gasteiger partial charge in [-0.1, -0.05) is 30.0 Å². The van der Waals surface area contributed by atoms with Crippen molar-refractivity contribution in [1.82, 2.24) is 15.2 Å². The molecule has 5 nitrogen and oxygen atoms in total. The second-order valence-electron chi connectivity index (χ2n) is 3.93. The van der Waals surface area contributed by atoms with E-state index in [1.807, 2.05) is 31.2 Å². The van der Waals surface area contributed by atoms with Gasteiger partial charge in [0, 0.05) is 11.6 Å². The first-order chi connectivity index (χ1) is 8.72. The summed E-state index contributed by atoms with van der Waals surface area (Å²) in [5.41, 5.74) is 7.14. The lowest BCUT2D eigenvalue weighted by Gasteiger charge is -2.21. The van der Waals surface area contributed by atoms with Gasteiger partial charge in [-0.25, -0.2) is 4.98 Å². The van der Waals surface area contributed by atoms with Gasteiger partial charge >= 0.3 is 0 Å². The second-order valence-corrected chi connectivity index (χ2v) is 5.06. The molecule has 2 aromatic rings. The molecule has 96 valence electrons. The van der Waals surface area contributed by atoms with Crippen LogP contribution in [-0.2, 0) is 0 Å². The van der Waals surface area contributed by atoms with Gasteiger partial charge in [0.1, 0.15) is 12.1 Å². The molecular weight excluding hydrogens is 248 g/mol. The third-order valence-corrected chi connectivity index (χ3v) is 3.91. The maximum absolute atomic E-state index is 6.07. The van der Waals surface area contributed by atoms with Gasteiger partial charge in [0.05, 0.1) is 12.4 Å². The molecule has 1 aromatic carbocycles. The zero-order valence-electron chi connectivity index (χ0n) is 10.3. The van der Waals surface area contributed by atoms with Crippen LogP contribution in [0.3, 0.4) is 0 Å². The summed E-state index contributed by atoms with van der Waals surface area (Å²) >= 11 is 1.55. The van der Waals surface area contributed by atoms with Gasteiger partial charge in [-0.2, -0.15) is 5.10 Å². The lowest BCUT2D eigenvalue weighted by molar-refractivity contribution is 0.408. The highest BCUT2D eigenvalue weighted by Gasteiger charge is 2.22. The molecular formula is C12H16N4OS. The number of hydrogen-bond donors (Lipinski definition) is 2. The van der Waals surface area contributed by atoms with Crippen LogP contribution in [0, 0.1) is 0 Å². The Kier molecular flexibility index (Phi) is 4.22. The molecule has 18 heavy (non-hydrogen) atoms. The van der Waals surface area contributed by atoms with E-state index < -0.39 is 0 Å². The quantitative estimate of drug-likeness (QED) is 0.808. The molecule has 0 aliphatic rings. The molecule has 0 saturated carbocycles. The van der Waals surface area contributed by atoms with Crippen molar-refractivity contribution in [2.45, 2.75) is 23.4 Å². The van der Waals surface area contributed by atoms with E-state index in [-0.39, 0.29) is 11.3 Å². The van der Waals surface area contributed by atoms with Crippen molar-refractivity contribution in [3.05, 3.63) is 36.2 Å². The van der Waals surface area contributed by atoms with Crippen molar-refractivity contribution in [2.24, 2.45) is 5.73 Å². The van der Waals surface area contributed by atoms with Crippen LogP contribution in [0.15, 0.2) is 35.7 Å². The van der Waals surface area contributed by atoms with Crippen LogP contribution in [0.4, 0.5) is 0 Å². The summed E-state index contributed by atoms with van der Waals surface area (Å²) in [5, 5.41) is 7.49. The van der Waals surface area contributed by atoms with Gasteiger partial charge in [0.15, 0.2) is 5.16 Å². The number of methoxy groups -OCH3 is 1. The molecule has 2 atom stereocenters. The summed E-state index contributed by atoms with van der Waals surface area (Å²) in [5.74, 6) is 0.840. The molecule has 0 saturated heterocycles. The average Bonchev–Trinajstić information content (AvgIpc) is 2.88. The van der Waals surface area contributed by atoms with Crippen molar-refractivity contribution in [1.29, 1.82) is 0 Å². The normalized spacial score (nSPS) is 14.2. The van der Waals surface area contributed by atoms with Gasteiger partial charge in [0.25, 0.3) is 0 Å². The topological polar surface area (TPSA) is 76.8 Å². The fourth-order valence-corrected chi connectivity index (χ4v) is 2.72. The molecule has 0 aliphatic carbocycles. The number of thioether (sulfide) groups is 1. The Labute approximate surface area is 110 Å². The maximum atomic E-state index is 6.07. The van der Waals surface area contributed by atoms with E-state index in [2.05, 4.69) is 15.2 Å². The highest BCUT2D eigenvalue weighted by molar-refractivity contribution is 7.99. The van der Waals surface area contributed by atoms with E-state index in [0.717, 1.165) is 16.5 Å². The summed E-state index contributed by atoms with van der Waals surface area (Å²) in [7, 11) is 1.66. The van der Waals surface area contributed by atoms with Gasteiger partial charge < -0.3 is 10.5 Å². The van der Waals surface area contributed by atoms with Crippen molar-refractivity contribution in [2.75, 3.05) is 7.11 Å². The Morgan fingerprint density at radius 2 is 2.17 bits per heavy atom. The van der Waals surface area contributed by atoms with Gasteiger partial charge in [0.2, 0.25) is 0 Å². The zero-order chi connectivity index (χ0) is 13.0. The van der Waals surface area contributed by atoms with Crippen molar-refractivity contribution >= 4 is 11.8 Å². The third-order valence-electron chi connectivity index (χ3n) is 2.55. The van der Waals surface area contributed by atoms with Crippen LogP contribution in [0.25, 0.3) is 0 Å². The van der Waals surface area contributed by atoms with E-state index in [9.17, 15) is 0 Å². The number of nitrogens with two attached hydrogens (primary N) is 1. The van der Waals surface area contributed by atoms with Crippen molar-refractivity contribution in [3.8, 4) is 5.75 Å². The molecule has 0 spiro atoms. The first-order valence-corrected chi connectivity index (χ1v) is 6.51. The summed E-state index contributed by atoms with van der Waals surface area (Å²) in [6.07, 6.45) is 1.49. The number of benzene rings is 1. The molecule has 2 rings (SSSR count). The van der Waals surface area contributed by atoms with Crippen LogP contribution in [-0.4, -0.2) is 28.3 Å². The fourth-order valence-electron chi connectivity index (χ4n) is 1.73. The zero-order valence-corrected chi connectivity index (χ0v) is 11.1. The minimum Gasteiger partial charge on any atom is -0.496 e. The fraction of sp³-hybridized carbons (Fsp3) is 0.333. The largest absolute Gasteiger partial charge is 0.496 e. The Morgan fingerprint density at radius 1 is 1.39 bits per heavy atom. The second kappa shape index (κ2) is 5.88. The molecule has 0 aliphatic heterocycles.